The third kappa shape index (κ3) is 3.09. The second-order valence-electron chi connectivity index (χ2n) is 5.22. The summed E-state index contributed by atoms with van der Waals surface area (Å²) in [5, 5.41) is 8.27. The summed E-state index contributed by atoms with van der Waals surface area (Å²) in [6.07, 6.45) is 3.07. The van der Waals surface area contributed by atoms with Crippen molar-refractivity contribution >= 4 is 16.7 Å². The third-order valence-corrected chi connectivity index (χ3v) is 3.78. The van der Waals surface area contributed by atoms with Crippen LogP contribution in [0.4, 0.5) is 0 Å². The van der Waals surface area contributed by atoms with Crippen LogP contribution in [0.1, 0.15) is 18.0 Å². The summed E-state index contributed by atoms with van der Waals surface area (Å²) >= 11 is 0. The SMILES string of the molecule is COCCCNC1=NCCNC1c1c[nH]c2ccccc12. The predicted molar refractivity (Wildman–Crippen MR) is 85.8 cm³/mol. The van der Waals surface area contributed by atoms with Gasteiger partial charge in [0.2, 0.25) is 0 Å². The second kappa shape index (κ2) is 6.74. The maximum Gasteiger partial charge on any atom is 0.118 e. The molecule has 5 nitrogen and oxygen atoms in total. The first-order valence-electron chi connectivity index (χ1n) is 7.46. The van der Waals surface area contributed by atoms with Gasteiger partial charge in [-0.2, -0.15) is 0 Å². The van der Waals surface area contributed by atoms with Crippen LogP contribution in [0.15, 0.2) is 35.5 Å². The van der Waals surface area contributed by atoms with Crippen LogP contribution in [0.25, 0.3) is 10.9 Å². The molecule has 1 aromatic carbocycles. The van der Waals surface area contributed by atoms with E-state index in [4.69, 9.17) is 4.74 Å². The molecule has 5 heteroatoms. The van der Waals surface area contributed by atoms with Gasteiger partial charge in [0.05, 0.1) is 12.6 Å². The van der Waals surface area contributed by atoms with Gasteiger partial charge in [-0.25, -0.2) is 0 Å². The van der Waals surface area contributed by atoms with E-state index in [2.05, 4.69) is 51.1 Å². The van der Waals surface area contributed by atoms with Crippen molar-refractivity contribution in [1.82, 2.24) is 15.6 Å². The van der Waals surface area contributed by atoms with E-state index in [1.807, 2.05) is 0 Å². The van der Waals surface area contributed by atoms with E-state index in [1.54, 1.807) is 7.11 Å². The molecule has 0 aliphatic carbocycles. The number of aliphatic imine (C=N–C) groups is 1. The number of fused-ring (bicyclic) bond motifs is 1. The molecule has 0 fully saturated rings. The maximum atomic E-state index is 5.09. The smallest absolute Gasteiger partial charge is 0.118 e. The Balaban J connectivity index is 1.78. The highest BCUT2D eigenvalue weighted by Gasteiger charge is 2.23. The molecule has 21 heavy (non-hydrogen) atoms. The van der Waals surface area contributed by atoms with Crippen LogP contribution in [-0.2, 0) is 4.74 Å². The van der Waals surface area contributed by atoms with Crippen LogP contribution in [0.5, 0.6) is 0 Å². The number of nitrogens with zero attached hydrogens (tertiary/aromatic N) is 1. The fourth-order valence-electron chi connectivity index (χ4n) is 2.75. The molecule has 3 rings (SSSR count). The third-order valence-electron chi connectivity index (χ3n) is 3.78. The van der Waals surface area contributed by atoms with Gasteiger partial charge in [0.15, 0.2) is 0 Å². The minimum Gasteiger partial charge on any atom is -0.385 e. The quantitative estimate of drug-likeness (QED) is 0.735. The number of amidine groups is 1. The van der Waals surface area contributed by atoms with Gasteiger partial charge in [0.25, 0.3) is 0 Å². The molecule has 2 heterocycles. The molecule has 1 unspecified atom stereocenters. The van der Waals surface area contributed by atoms with Gasteiger partial charge in [-0.3, -0.25) is 4.99 Å². The number of para-hydroxylation sites is 1. The molecule has 3 N–H and O–H groups in total. The van der Waals surface area contributed by atoms with E-state index in [0.717, 1.165) is 38.5 Å². The van der Waals surface area contributed by atoms with Gasteiger partial charge in [0, 0.05) is 49.5 Å². The number of aromatic amines is 1. The highest BCUT2D eigenvalue weighted by atomic mass is 16.5. The van der Waals surface area contributed by atoms with Crippen LogP contribution in [0.3, 0.4) is 0 Å². The first-order valence-corrected chi connectivity index (χ1v) is 7.46. The minimum atomic E-state index is 0.137. The van der Waals surface area contributed by atoms with E-state index >= 15 is 0 Å². The summed E-state index contributed by atoms with van der Waals surface area (Å²) in [7, 11) is 1.73. The molecule has 0 saturated heterocycles. The van der Waals surface area contributed by atoms with Crippen molar-refractivity contribution in [1.29, 1.82) is 0 Å². The van der Waals surface area contributed by atoms with Gasteiger partial charge in [-0.1, -0.05) is 18.2 Å². The summed E-state index contributed by atoms with van der Waals surface area (Å²) in [5.74, 6) is 1.03. The van der Waals surface area contributed by atoms with Crippen LogP contribution < -0.4 is 10.6 Å². The zero-order valence-corrected chi connectivity index (χ0v) is 12.4. The van der Waals surface area contributed by atoms with Gasteiger partial charge in [-0.05, 0) is 12.5 Å². The molecule has 1 atom stereocenters. The molecule has 0 spiro atoms. The van der Waals surface area contributed by atoms with Crippen LogP contribution >= 0.6 is 0 Å². The van der Waals surface area contributed by atoms with Gasteiger partial charge >= 0.3 is 0 Å². The standard InChI is InChI=1S/C16H22N4O/c1-21-10-4-7-18-16-15(17-8-9-19-16)13-11-20-14-6-3-2-5-12(13)14/h2-3,5-6,11,15,17,20H,4,7-10H2,1H3,(H,18,19). The number of benzene rings is 1. The Hall–Kier alpha value is -1.85. The van der Waals surface area contributed by atoms with Crippen LogP contribution in [0, 0.1) is 0 Å². The number of aromatic nitrogens is 1. The average Bonchev–Trinajstić information content (AvgIpc) is 2.96. The topological polar surface area (TPSA) is 61.4 Å². The Morgan fingerprint density at radius 3 is 3.19 bits per heavy atom. The number of H-pyrrole nitrogens is 1. The lowest BCUT2D eigenvalue weighted by Gasteiger charge is -2.25. The molecule has 0 saturated carbocycles. The number of nitrogens with one attached hydrogen (secondary N) is 3. The van der Waals surface area contributed by atoms with Crippen molar-refractivity contribution in [3.05, 3.63) is 36.0 Å². The molecule has 1 aliphatic rings. The molecule has 0 amide bonds. The molecule has 2 aromatic rings. The van der Waals surface area contributed by atoms with Crippen molar-refractivity contribution < 1.29 is 4.74 Å². The summed E-state index contributed by atoms with van der Waals surface area (Å²) in [6.45, 7) is 3.39. The highest BCUT2D eigenvalue weighted by Crippen LogP contribution is 2.25. The van der Waals surface area contributed by atoms with Crippen molar-refractivity contribution in [3.63, 3.8) is 0 Å². The van der Waals surface area contributed by atoms with Crippen molar-refractivity contribution in [2.45, 2.75) is 12.5 Å². The van der Waals surface area contributed by atoms with Crippen molar-refractivity contribution in [2.75, 3.05) is 33.4 Å². The zero-order chi connectivity index (χ0) is 14.5. The zero-order valence-electron chi connectivity index (χ0n) is 12.4. The summed E-state index contributed by atoms with van der Waals surface area (Å²) in [5.41, 5.74) is 2.42. The number of rotatable bonds is 5. The molecule has 1 aliphatic heterocycles. The second-order valence-corrected chi connectivity index (χ2v) is 5.22. The molecular weight excluding hydrogens is 264 g/mol. The lowest BCUT2D eigenvalue weighted by Crippen LogP contribution is -2.42. The molecular formula is C16H22N4O. The summed E-state index contributed by atoms with van der Waals surface area (Å²) < 4.78 is 5.09. The van der Waals surface area contributed by atoms with E-state index in [0.29, 0.717) is 0 Å². The largest absolute Gasteiger partial charge is 0.385 e. The number of ether oxygens (including phenoxy) is 1. The monoisotopic (exact) mass is 286 g/mol. The highest BCUT2D eigenvalue weighted by molar-refractivity contribution is 5.94. The molecule has 112 valence electrons. The molecule has 0 bridgehead atoms. The van der Waals surface area contributed by atoms with Gasteiger partial charge < -0.3 is 20.4 Å². The Kier molecular flexibility index (Phi) is 4.52. The Labute approximate surface area is 124 Å². The van der Waals surface area contributed by atoms with Crippen LogP contribution in [0.2, 0.25) is 0 Å². The number of methoxy groups -OCH3 is 1. The van der Waals surface area contributed by atoms with E-state index in [9.17, 15) is 0 Å². The van der Waals surface area contributed by atoms with E-state index in [1.165, 1.54) is 16.5 Å². The number of hydrogen-bond acceptors (Lipinski definition) is 4. The lowest BCUT2D eigenvalue weighted by molar-refractivity contribution is 0.195. The Morgan fingerprint density at radius 2 is 2.29 bits per heavy atom. The minimum absolute atomic E-state index is 0.137. The summed E-state index contributed by atoms with van der Waals surface area (Å²) in [4.78, 5) is 8.00. The van der Waals surface area contributed by atoms with Crippen LogP contribution in [-0.4, -0.2) is 44.2 Å². The first-order chi connectivity index (χ1) is 10.4. The van der Waals surface area contributed by atoms with E-state index in [-0.39, 0.29) is 6.04 Å². The first kappa shape index (κ1) is 14.1. The molecule has 1 aromatic heterocycles. The average molecular weight is 286 g/mol. The van der Waals surface area contributed by atoms with Crippen molar-refractivity contribution in [3.8, 4) is 0 Å². The lowest BCUT2D eigenvalue weighted by atomic mass is 10.0. The molecule has 0 radical (unpaired) electrons. The number of hydrogen-bond donors (Lipinski definition) is 3. The summed E-state index contributed by atoms with van der Waals surface area (Å²) in [6, 6.07) is 8.52. The fourth-order valence-corrected chi connectivity index (χ4v) is 2.75. The Bertz CT molecular complexity index is 620. The van der Waals surface area contributed by atoms with Gasteiger partial charge in [-0.15, -0.1) is 0 Å². The van der Waals surface area contributed by atoms with E-state index < -0.39 is 0 Å². The fraction of sp³-hybridized carbons (Fsp3) is 0.438. The van der Waals surface area contributed by atoms with Crippen molar-refractivity contribution in [2.24, 2.45) is 4.99 Å². The normalized spacial score (nSPS) is 18.7. The predicted octanol–water partition coefficient (Wildman–Crippen LogP) is 1.84. The van der Waals surface area contributed by atoms with Gasteiger partial charge in [0.1, 0.15) is 5.84 Å². The maximum absolute atomic E-state index is 5.09. The Morgan fingerprint density at radius 1 is 1.38 bits per heavy atom.